The molecule has 0 unspecified atom stereocenters. The van der Waals surface area contributed by atoms with Gasteiger partial charge in [0.1, 0.15) is 12.4 Å². The van der Waals surface area contributed by atoms with Crippen LogP contribution >= 0.6 is 0 Å². The second-order valence-corrected chi connectivity index (χ2v) is 6.86. The first-order chi connectivity index (χ1) is 15.0. The number of pyridine rings is 1. The van der Waals surface area contributed by atoms with Gasteiger partial charge in [-0.05, 0) is 54.1 Å². The quantitative estimate of drug-likeness (QED) is 0.535. The summed E-state index contributed by atoms with van der Waals surface area (Å²) in [6.07, 6.45) is 0. The van der Waals surface area contributed by atoms with Crippen molar-refractivity contribution in [2.75, 3.05) is 0 Å². The minimum atomic E-state index is -0.467. The Labute approximate surface area is 176 Å². The van der Waals surface area contributed by atoms with Crippen molar-refractivity contribution in [1.29, 1.82) is 5.26 Å². The third-order valence-corrected chi connectivity index (χ3v) is 4.90. The molecule has 0 atom stereocenters. The number of nitrogens with one attached hydrogen (secondary N) is 1. The lowest BCUT2D eigenvalue weighted by atomic mass is 9.99. The first kappa shape index (κ1) is 20.0. The number of hydrogen-bond acceptors (Lipinski definition) is 6. The van der Waals surface area contributed by atoms with Crippen LogP contribution in [0.3, 0.4) is 0 Å². The van der Waals surface area contributed by atoms with E-state index in [1.165, 1.54) is 16.8 Å². The molecule has 0 spiro atoms. The zero-order valence-corrected chi connectivity index (χ0v) is 16.8. The van der Waals surface area contributed by atoms with Crippen LogP contribution in [-0.4, -0.2) is 25.2 Å². The van der Waals surface area contributed by atoms with Gasteiger partial charge in [-0.2, -0.15) is 9.94 Å². The van der Waals surface area contributed by atoms with E-state index in [0.717, 1.165) is 16.7 Å². The van der Waals surface area contributed by atoms with E-state index < -0.39 is 11.5 Å². The Kier molecular flexibility index (Phi) is 5.28. The highest BCUT2D eigenvalue weighted by atomic mass is 19.1. The second kappa shape index (κ2) is 8.20. The van der Waals surface area contributed by atoms with Gasteiger partial charge in [-0.15, -0.1) is 0 Å². The number of benzene rings is 2. The molecule has 0 saturated carbocycles. The molecule has 8 nitrogen and oxygen atoms in total. The van der Waals surface area contributed by atoms with Gasteiger partial charge >= 0.3 is 5.69 Å². The number of aryl methyl sites for hydroxylation is 2. The van der Waals surface area contributed by atoms with Crippen LogP contribution in [0.1, 0.15) is 22.4 Å². The minimum Gasteiger partial charge on any atom is -0.473 e. The fraction of sp³-hybridized carbons (Fsp3) is 0.136. The summed E-state index contributed by atoms with van der Waals surface area (Å²) in [6.45, 7) is 3.86. The summed E-state index contributed by atoms with van der Waals surface area (Å²) in [5.41, 5.74) is 4.01. The van der Waals surface area contributed by atoms with Crippen LogP contribution in [0.5, 0.6) is 5.88 Å². The van der Waals surface area contributed by atoms with Crippen molar-refractivity contribution in [3.8, 4) is 28.8 Å². The van der Waals surface area contributed by atoms with E-state index >= 15 is 0 Å². The van der Waals surface area contributed by atoms with Gasteiger partial charge < -0.3 is 4.74 Å². The Morgan fingerprint density at radius 1 is 1.16 bits per heavy atom. The normalized spacial score (nSPS) is 10.6. The van der Waals surface area contributed by atoms with Crippen molar-refractivity contribution >= 4 is 0 Å². The summed E-state index contributed by atoms with van der Waals surface area (Å²) >= 11 is 0. The summed E-state index contributed by atoms with van der Waals surface area (Å²) < 4.78 is 20.5. The highest BCUT2D eigenvalue weighted by Crippen LogP contribution is 2.28. The summed E-state index contributed by atoms with van der Waals surface area (Å²) in [5, 5.41) is 18.9. The minimum absolute atomic E-state index is 0.160. The number of aromatic amines is 1. The van der Waals surface area contributed by atoms with E-state index in [2.05, 4.69) is 20.5 Å². The number of hydrogen-bond donors (Lipinski definition) is 1. The summed E-state index contributed by atoms with van der Waals surface area (Å²) in [6, 6.07) is 15.0. The van der Waals surface area contributed by atoms with E-state index in [1.807, 2.05) is 25.1 Å². The Hall–Kier alpha value is -4.32. The SMILES string of the molecule is Cc1cccc(-n2nn[nH]c2=O)c1COc1ccc(-c2ccc(F)cc2C#N)c(C)n1. The number of H-pyrrole nitrogens is 1. The summed E-state index contributed by atoms with van der Waals surface area (Å²) in [4.78, 5) is 16.4. The Bertz CT molecular complexity index is 1370. The smallest absolute Gasteiger partial charge is 0.365 e. The molecule has 154 valence electrons. The molecule has 0 aliphatic carbocycles. The average Bonchev–Trinajstić information content (AvgIpc) is 3.18. The van der Waals surface area contributed by atoms with Gasteiger partial charge in [0, 0.05) is 28.5 Å². The molecule has 0 aliphatic heterocycles. The standard InChI is InChI=1S/C22H17FN6O2/c1-13-4-3-5-20(29-22(30)26-27-28-29)19(13)12-31-21-9-8-17(14(2)25-21)18-7-6-16(23)10-15(18)11-24/h3-10H,12H2,1-2H3,(H,26,28,30). The maximum absolute atomic E-state index is 13.4. The fourth-order valence-corrected chi connectivity index (χ4v) is 3.32. The first-order valence-corrected chi connectivity index (χ1v) is 9.37. The zero-order valence-electron chi connectivity index (χ0n) is 16.8. The number of halogens is 1. The molecule has 4 aromatic rings. The molecule has 2 heterocycles. The molecule has 0 fully saturated rings. The van der Waals surface area contributed by atoms with Gasteiger partial charge in [0.25, 0.3) is 0 Å². The van der Waals surface area contributed by atoms with E-state index in [1.54, 1.807) is 31.2 Å². The molecule has 4 rings (SSSR count). The Balaban J connectivity index is 1.62. The molecule has 31 heavy (non-hydrogen) atoms. The number of tetrazole rings is 1. The third-order valence-electron chi connectivity index (χ3n) is 4.90. The van der Waals surface area contributed by atoms with Crippen LogP contribution in [0.2, 0.25) is 0 Å². The highest BCUT2D eigenvalue weighted by Gasteiger charge is 2.14. The average molecular weight is 416 g/mol. The number of nitrogens with zero attached hydrogens (tertiary/aromatic N) is 5. The monoisotopic (exact) mass is 416 g/mol. The first-order valence-electron chi connectivity index (χ1n) is 9.37. The topological polar surface area (TPSA) is 109 Å². The van der Waals surface area contributed by atoms with Crippen molar-refractivity contribution in [2.24, 2.45) is 0 Å². The molecule has 2 aromatic heterocycles. The Morgan fingerprint density at radius 3 is 2.68 bits per heavy atom. The van der Waals surface area contributed by atoms with E-state index in [0.29, 0.717) is 22.8 Å². The lowest BCUT2D eigenvalue weighted by Gasteiger charge is -2.14. The molecule has 1 N–H and O–H groups in total. The third kappa shape index (κ3) is 3.91. The number of rotatable bonds is 5. The van der Waals surface area contributed by atoms with Gasteiger partial charge in [-0.25, -0.2) is 19.3 Å². The molecular formula is C22H17FN6O2. The fourth-order valence-electron chi connectivity index (χ4n) is 3.32. The zero-order chi connectivity index (χ0) is 22.0. The summed E-state index contributed by atoms with van der Waals surface area (Å²) in [5.74, 6) is -0.0882. The molecule has 0 saturated heterocycles. The van der Waals surface area contributed by atoms with Crippen LogP contribution in [-0.2, 0) is 6.61 Å². The molecule has 0 radical (unpaired) electrons. The molecular weight excluding hydrogens is 399 g/mol. The molecule has 0 amide bonds. The van der Waals surface area contributed by atoms with Gasteiger partial charge in [0.05, 0.1) is 17.3 Å². The maximum Gasteiger partial charge on any atom is 0.365 e. The summed E-state index contributed by atoms with van der Waals surface area (Å²) in [7, 11) is 0. The number of aromatic nitrogens is 5. The lowest BCUT2D eigenvalue weighted by molar-refractivity contribution is 0.292. The lowest BCUT2D eigenvalue weighted by Crippen LogP contribution is -2.18. The van der Waals surface area contributed by atoms with Gasteiger partial charge in [0.15, 0.2) is 0 Å². The molecule has 9 heteroatoms. The van der Waals surface area contributed by atoms with Crippen molar-refractivity contribution < 1.29 is 9.13 Å². The van der Waals surface area contributed by atoms with Crippen LogP contribution in [0, 0.1) is 31.0 Å². The number of ether oxygens (including phenoxy) is 1. The molecule has 0 aliphatic rings. The van der Waals surface area contributed by atoms with Gasteiger partial charge in [0.2, 0.25) is 5.88 Å². The second-order valence-electron chi connectivity index (χ2n) is 6.86. The number of nitriles is 1. The van der Waals surface area contributed by atoms with E-state index in [-0.39, 0.29) is 12.2 Å². The Morgan fingerprint density at radius 2 is 1.97 bits per heavy atom. The maximum atomic E-state index is 13.4. The van der Waals surface area contributed by atoms with Crippen LogP contribution in [0.15, 0.2) is 53.3 Å². The van der Waals surface area contributed by atoms with Crippen molar-refractivity contribution in [3.63, 3.8) is 0 Å². The van der Waals surface area contributed by atoms with Crippen molar-refractivity contribution in [3.05, 3.63) is 87.2 Å². The van der Waals surface area contributed by atoms with Crippen molar-refractivity contribution in [2.45, 2.75) is 20.5 Å². The van der Waals surface area contributed by atoms with E-state index in [4.69, 9.17) is 4.74 Å². The molecule has 0 bridgehead atoms. The highest BCUT2D eigenvalue weighted by molar-refractivity contribution is 5.72. The van der Waals surface area contributed by atoms with Crippen LogP contribution in [0.4, 0.5) is 4.39 Å². The predicted molar refractivity (Wildman–Crippen MR) is 110 cm³/mol. The van der Waals surface area contributed by atoms with Gasteiger partial charge in [-0.1, -0.05) is 18.2 Å². The largest absolute Gasteiger partial charge is 0.473 e. The van der Waals surface area contributed by atoms with E-state index in [9.17, 15) is 14.4 Å². The van der Waals surface area contributed by atoms with Crippen LogP contribution in [0.25, 0.3) is 16.8 Å². The molecule has 2 aromatic carbocycles. The van der Waals surface area contributed by atoms with Crippen LogP contribution < -0.4 is 10.4 Å². The predicted octanol–water partition coefficient (Wildman–Crippen LogP) is 3.22. The van der Waals surface area contributed by atoms with Crippen molar-refractivity contribution in [1.82, 2.24) is 25.2 Å². The van der Waals surface area contributed by atoms with Gasteiger partial charge in [-0.3, -0.25) is 0 Å².